The molecule has 0 radical (unpaired) electrons. The van der Waals surface area contributed by atoms with E-state index < -0.39 is 5.82 Å². The van der Waals surface area contributed by atoms with Gasteiger partial charge in [-0.2, -0.15) is 0 Å². The highest BCUT2D eigenvalue weighted by atomic mass is 32.2. The van der Waals surface area contributed by atoms with Gasteiger partial charge in [-0.1, -0.05) is 42.5 Å². The molecule has 0 aliphatic carbocycles. The van der Waals surface area contributed by atoms with Gasteiger partial charge in [0, 0.05) is 24.2 Å². The van der Waals surface area contributed by atoms with Crippen molar-refractivity contribution in [3.05, 3.63) is 87.6 Å². The molecule has 1 aromatic heterocycles. The zero-order valence-electron chi connectivity index (χ0n) is 15.0. The summed E-state index contributed by atoms with van der Waals surface area (Å²) in [6.45, 7) is 1.27. The molecule has 0 spiro atoms. The number of halogens is 1. The molecule has 1 N–H and O–H groups in total. The van der Waals surface area contributed by atoms with E-state index in [1.54, 1.807) is 28.8 Å². The molecule has 1 aliphatic heterocycles. The van der Waals surface area contributed by atoms with Crippen molar-refractivity contribution in [1.29, 1.82) is 0 Å². The number of carbonyl (C=O) groups is 1. The van der Waals surface area contributed by atoms with Gasteiger partial charge < -0.3 is 10.2 Å². The third kappa shape index (κ3) is 4.26. The van der Waals surface area contributed by atoms with Gasteiger partial charge >= 0.3 is 0 Å². The molecule has 4 rings (SSSR count). The van der Waals surface area contributed by atoms with Gasteiger partial charge in [-0.05, 0) is 23.8 Å². The summed E-state index contributed by atoms with van der Waals surface area (Å²) in [5.41, 5.74) is 2.07. The highest BCUT2D eigenvalue weighted by molar-refractivity contribution is 8.03. The highest BCUT2D eigenvalue weighted by Gasteiger charge is 2.27. The molecule has 1 fully saturated rings. The van der Waals surface area contributed by atoms with E-state index in [2.05, 4.69) is 22.4 Å². The van der Waals surface area contributed by atoms with Gasteiger partial charge in [0.15, 0.2) is 5.13 Å². The second-order valence-electron chi connectivity index (χ2n) is 6.18. The Kier molecular flexibility index (Phi) is 5.73. The maximum atomic E-state index is 14.0. The fourth-order valence-corrected chi connectivity index (χ4v) is 4.55. The molecule has 142 valence electrons. The van der Waals surface area contributed by atoms with Crippen LogP contribution in [0.2, 0.25) is 0 Å². The number of rotatable bonds is 5. The normalized spacial score (nSPS) is 15.2. The lowest BCUT2D eigenvalue weighted by atomic mass is 10.2. The molecule has 2 aromatic carbocycles. The number of aromatic nitrogens is 1. The number of anilines is 1. The smallest absolute Gasteiger partial charge is 0.261 e. The minimum atomic E-state index is -0.496. The molecule has 2 heterocycles. The van der Waals surface area contributed by atoms with Gasteiger partial charge in [0.25, 0.3) is 5.91 Å². The van der Waals surface area contributed by atoms with Crippen LogP contribution in [0.15, 0.2) is 65.0 Å². The first-order chi connectivity index (χ1) is 13.7. The molecular formula is C21H18FN3OS2. The standard InChI is InChI=1S/C21H18FN3OS2/c22-18-9-5-4-8-17(18)20(26)25-10-11-27-19(25)12-16-14-28-21(24-16)23-13-15-6-2-1-3-7-15/h1-9,12,14H,10-11,13H2,(H,23,24)/b19-12+. The summed E-state index contributed by atoms with van der Waals surface area (Å²) < 4.78 is 14.0. The first kappa shape index (κ1) is 18.7. The Balaban J connectivity index is 1.47. The molecule has 0 bridgehead atoms. The van der Waals surface area contributed by atoms with Crippen LogP contribution in [0.1, 0.15) is 21.6 Å². The van der Waals surface area contributed by atoms with Gasteiger partial charge in [-0.25, -0.2) is 9.37 Å². The van der Waals surface area contributed by atoms with Crippen LogP contribution in [0.5, 0.6) is 0 Å². The monoisotopic (exact) mass is 411 g/mol. The van der Waals surface area contributed by atoms with Crippen molar-refractivity contribution in [3.63, 3.8) is 0 Å². The molecule has 0 saturated carbocycles. The van der Waals surface area contributed by atoms with Crippen molar-refractivity contribution >= 4 is 40.2 Å². The zero-order valence-corrected chi connectivity index (χ0v) is 16.6. The fourth-order valence-electron chi connectivity index (χ4n) is 2.86. The van der Waals surface area contributed by atoms with Crippen LogP contribution in [0.25, 0.3) is 6.08 Å². The van der Waals surface area contributed by atoms with Crippen LogP contribution in [0.3, 0.4) is 0 Å². The highest BCUT2D eigenvalue weighted by Crippen LogP contribution is 2.32. The van der Waals surface area contributed by atoms with Gasteiger partial charge in [0.2, 0.25) is 0 Å². The van der Waals surface area contributed by atoms with E-state index in [0.717, 1.165) is 21.6 Å². The molecular weight excluding hydrogens is 393 g/mol. The summed E-state index contributed by atoms with van der Waals surface area (Å²) in [6, 6.07) is 16.2. The number of nitrogens with one attached hydrogen (secondary N) is 1. The summed E-state index contributed by atoms with van der Waals surface area (Å²) in [7, 11) is 0. The van der Waals surface area contributed by atoms with Gasteiger partial charge in [0.1, 0.15) is 5.82 Å². The third-order valence-electron chi connectivity index (χ3n) is 4.26. The molecule has 1 saturated heterocycles. The van der Waals surface area contributed by atoms with E-state index in [9.17, 15) is 9.18 Å². The largest absolute Gasteiger partial charge is 0.357 e. The molecule has 1 amide bonds. The Morgan fingerprint density at radius 1 is 1.18 bits per heavy atom. The number of thioether (sulfide) groups is 1. The van der Waals surface area contributed by atoms with Crippen LogP contribution >= 0.6 is 23.1 Å². The molecule has 7 heteroatoms. The lowest BCUT2D eigenvalue weighted by Gasteiger charge is -2.17. The van der Waals surface area contributed by atoms with E-state index in [4.69, 9.17) is 0 Å². The van der Waals surface area contributed by atoms with Crippen molar-refractivity contribution in [2.45, 2.75) is 6.54 Å². The Labute approximate surface area is 171 Å². The average molecular weight is 412 g/mol. The topological polar surface area (TPSA) is 45.2 Å². The first-order valence-electron chi connectivity index (χ1n) is 8.85. The number of hydrogen-bond acceptors (Lipinski definition) is 5. The summed E-state index contributed by atoms with van der Waals surface area (Å²) in [4.78, 5) is 18.9. The number of carbonyl (C=O) groups excluding carboxylic acids is 1. The zero-order chi connectivity index (χ0) is 19.3. The van der Waals surface area contributed by atoms with Crippen LogP contribution < -0.4 is 5.32 Å². The predicted octanol–water partition coefficient (Wildman–Crippen LogP) is 5.08. The van der Waals surface area contributed by atoms with E-state index in [1.165, 1.54) is 29.0 Å². The summed E-state index contributed by atoms with van der Waals surface area (Å²) >= 11 is 3.10. The summed E-state index contributed by atoms with van der Waals surface area (Å²) in [6.07, 6.45) is 1.89. The van der Waals surface area contributed by atoms with Crippen LogP contribution in [-0.4, -0.2) is 28.1 Å². The van der Waals surface area contributed by atoms with Crippen molar-refractivity contribution in [2.24, 2.45) is 0 Å². The number of nitrogens with zero attached hydrogens (tertiary/aromatic N) is 2. The van der Waals surface area contributed by atoms with Crippen LogP contribution in [0.4, 0.5) is 9.52 Å². The Morgan fingerprint density at radius 3 is 2.79 bits per heavy atom. The molecule has 0 unspecified atom stereocenters. The van der Waals surface area contributed by atoms with Crippen LogP contribution in [0, 0.1) is 5.82 Å². The Hall–Kier alpha value is -2.64. The average Bonchev–Trinajstić information content (AvgIpc) is 3.37. The second-order valence-corrected chi connectivity index (χ2v) is 8.16. The van der Waals surface area contributed by atoms with Gasteiger partial charge in [-0.3, -0.25) is 4.79 Å². The van der Waals surface area contributed by atoms with Crippen molar-refractivity contribution in [1.82, 2.24) is 9.88 Å². The number of amides is 1. The molecule has 28 heavy (non-hydrogen) atoms. The SMILES string of the molecule is O=C(c1ccccc1F)N1CCS/C1=C/c1csc(NCc2ccccc2)n1. The molecule has 3 aromatic rings. The second kappa shape index (κ2) is 8.58. The predicted molar refractivity (Wildman–Crippen MR) is 114 cm³/mol. The fraction of sp³-hybridized carbons (Fsp3) is 0.143. The Morgan fingerprint density at radius 2 is 1.96 bits per heavy atom. The molecule has 4 nitrogen and oxygen atoms in total. The van der Waals surface area contributed by atoms with Crippen LogP contribution in [-0.2, 0) is 6.54 Å². The summed E-state index contributed by atoms with van der Waals surface area (Å²) in [5, 5.41) is 6.89. The lowest BCUT2D eigenvalue weighted by molar-refractivity contribution is 0.0826. The minimum Gasteiger partial charge on any atom is -0.357 e. The lowest BCUT2D eigenvalue weighted by Crippen LogP contribution is -2.27. The number of benzene rings is 2. The number of thiazole rings is 1. The molecule has 0 atom stereocenters. The van der Waals surface area contributed by atoms with Crippen molar-refractivity contribution in [3.8, 4) is 0 Å². The van der Waals surface area contributed by atoms with E-state index in [-0.39, 0.29) is 11.5 Å². The van der Waals surface area contributed by atoms with Gasteiger partial charge in [-0.15, -0.1) is 23.1 Å². The quantitative estimate of drug-likeness (QED) is 0.636. The van der Waals surface area contributed by atoms with Crippen molar-refractivity contribution < 1.29 is 9.18 Å². The maximum absolute atomic E-state index is 14.0. The Bertz CT molecular complexity index is 1000. The minimum absolute atomic E-state index is 0.0967. The van der Waals surface area contributed by atoms with Crippen molar-refractivity contribution in [2.75, 3.05) is 17.6 Å². The van der Waals surface area contributed by atoms with E-state index in [1.807, 2.05) is 29.7 Å². The third-order valence-corrected chi connectivity index (χ3v) is 6.10. The molecule has 1 aliphatic rings. The summed E-state index contributed by atoms with van der Waals surface area (Å²) in [5.74, 6) is -0.0215. The van der Waals surface area contributed by atoms with E-state index in [0.29, 0.717) is 13.1 Å². The van der Waals surface area contributed by atoms with Gasteiger partial charge in [0.05, 0.1) is 16.3 Å². The van der Waals surface area contributed by atoms with E-state index >= 15 is 0 Å². The number of hydrogen-bond donors (Lipinski definition) is 1. The maximum Gasteiger partial charge on any atom is 0.261 e. The first-order valence-corrected chi connectivity index (χ1v) is 10.7.